The number of nitro groups is 1. The van der Waals surface area contributed by atoms with Crippen LogP contribution >= 0.6 is 11.8 Å². The van der Waals surface area contributed by atoms with Gasteiger partial charge in [-0.3, -0.25) is 29.3 Å². The van der Waals surface area contributed by atoms with Crippen molar-refractivity contribution in [2.75, 3.05) is 5.75 Å². The third kappa shape index (κ3) is 6.10. The molecule has 190 valence electrons. The first-order valence-electron chi connectivity index (χ1n) is 10.9. The van der Waals surface area contributed by atoms with Crippen LogP contribution in [-0.2, 0) is 24.8 Å². The highest BCUT2D eigenvalue weighted by Gasteiger charge is 2.18. The average molecular weight is 524 g/mol. The van der Waals surface area contributed by atoms with Crippen LogP contribution in [0.25, 0.3) is 17.2 Å². The number of aryl methyl sites for hydroxylation is 3. The second-order valence-electron chi connectivity index (χ2n) is 7.67. The Kier molecular flexibility index (Phi) is 7.78. The first-order valence-corrected chi connectivity index (χ1v) is 11.9. The summed E-state index contributed by atoms with van der Waals surface area (Å²) in [6.07, 6.45) is 4.81. The molecular weight excluding hydrogens is 502 g/mol. The van der Waals surface area contributed by atoms with Gasteiger partial charge in [-0.1, -0.05) is 42.1 Å². The van der Waals surface area contributed by atoms with Crippen molar-refractivity contribution < 1.29 is 14.1 Å². The topological polar surface area (TPSA) is 170 Å². The fourth-order valence-corrected chi connectivity index (χ4v) is 4.21. The standard InChI is InChI=1S/C23H21N7O6S/c1-28-20-19(21(32)26-22(28)33)29(13-11-15-6-3-2-4-7-15)23(25-20)37-14-17(31)27-24-12-5-8-16-9-10-18(36-16)30(34)35/h2-10,12H,11,13-14H2,1H3,(H,27,31)(H,26,32,33). The van der Waals surface area contributed by atoms with E-state index in [-0.39, 0.29) is 28.6 Å². The fraction of sp³-hybridized carbons (Fsp3) is 0.174. The lowest BCUT2D eigenvalue weighted by Gasteiger charge is -2.08. The molecule has 3 aromatic heterocycles. The molecule has 0 bridgehead atoms. The van der Waals surface area contributed by atoms with Gasteiger partial charge in [-0.25, -0.2) is 15.2 Å². The molecule has 0 fully saturated rings. The molecular formula is C23H21N7O6S. The number of nitrogens with one attached hydrogen (secondary N) is 2. The Labute approximate surface area is 212 Å². The summed E-state index contributed by atoms with van der Waals surface area (Å²) in [4.78, 5) is 53.7. The van der Waals surface area contributed by atoms with Crippen LogP contribution in [0.15, 0.2) is 72.8 Å². The minimum atomic E-state index is -0.644. The van der Waals surface area contributed by atoms with Crippen molar-refractivity contribution in [2.45, 2.75) is 18.1 Å². The Morgan fingerprint density at radius 3 is 2.78 bits per heavy atom. The number of aromatic nitrogens is 4. The number of H-pyrrole nitrogens is 1. The third-order valence-electron chi connectivity index (χ3n) is 5.17. The molecule has 4 rings (SSSR count). The Morgan fingerprint density at radius 2 is 2.05 bits per heavy atom. The first kappa shape index (κ1) is 25.4. The SMILES string of the molecule is Cn1c(=O)[nH]c(=O)c2c1nc(SCC(=O)NN=CC=Cc1ccc([N+](=O)[O-])o1)n2CCc1ccccc1. The highest BCUT2D eigenvalue weighted by molar-refractivity contribution is 7.99. The number of amides is 1. The Balaban J connectivity index is 1.43. The van der Waals surface area contributed by atoms with Gasteiger partial charge in [0.15, 0.2) is 16.3 Å². The summed E-state index contributed by atoms with van der Waals surface area (Å²) in [5.41, 5.74) is 2.78. The fourth-order valence-electron chi connectivity index (χ4n) is 3.40. The maximum absolute atomic E-state index is 12.6. The highest BCUT2D eigenvalue weighted by atomic mass is 32.2. The van der Waals surface area contributed by atoms with Gasteiger partial charge in [-0.05, 0) is 30.2 Å². The summed E-state index contributed by atoms with van der Waals surface area (Å²) in [5.74, 6) is -0.586. The van der Waals surface area contributed by atoms with Gasteiger partial charge in [0.2, 0.25) is 0 Å². The van der Waals surface area contributed by atoms with Crippen LogP contribution in [0.3, 0.4) is 0 Å². The summed E-state index contributed by atoms with van der Waals surface area (Å²) in [5, 5.41) is 14.8. The number of fused-ring (bicyclic) bond motifs is 1. The molecule has 0 aliphatic heterocycles. The number of thioether (sulfide) groups is 1. The van der Waals surface area contributed by atoms with E-state index in [1.165, 1.54) is 42.1 Å². The first-order chi connectivity index (χ1) is 17.8. The van der Waals surface area contributed by atoms with E-state index in [9.17, 15) is 24.5 Å². The van der Waals surface area contributed by atoms with E-state index in [0.29, 0.717) is 18.1 Å². The van der Waals surface area contributed by atoms with Gasteiger partial charge < -0.3 is 8.98 Å². The van der Waals surface area contributed by atoms with Crippen molar-refractivity contribution in [1.82, 2.24) is 24.5 Å². The average Bonchev–Trinajstić information content (AvgIpc) is 3.51. The van der Waals surface area contributed by atoms with Crippen molar-refractivity contribution in [1.29, 1.82) is 0 Å². The van der Waals surface area contributed by atoms with Crippen LogP contribution in [0, 0.1) is 10.1 Å². The van der Waals surface area contributed by atoms with Crippen molar-refractivity contribution in [3.8, 4) is 0 Å². The number of carbonyl (C=O) groups is 1. The predicted molar refractivity (Wildman–Crippen MR) is 137 cm³/mol. The van der Waals surface area contributed by atoms with Gasteiger partial charge in [0, 0.05) is 19.8 Å². The molecule has 0 spiro atoms. The minimum absolute atomic E-state index is 0.0497. The van der Waals surface area contributed by atoms with E-state index in [0.717, 1.165) is 17.3 Å². The molecule has 14 heteroatoms. The van der Waals surface area contributed by atoms with Gasteiger partial charge in [-0.15, -0.1) is 0 Å². The predicted octanol–water partition coefficient (Wildman–Crippen LogP) is 2.07. The monoisotopic (exact) mass is 523 g/mol. The number of carbonyl (C=O) groups excluding carboxylic acids is 1. The largest absolute Gasteiger partial charge is 0.433 e. The second kappa shape index (κ2) is 11.3. The van der Waals surface area contributed by atoms with Crippen molar-refractivity contribution in [3.63, 3.8) is 0 Å². The minimum Gasteiger partial charge on any atom is -0.401 e. The number of furan rings is 1. The van der Waals surface area contributed by atoms with Crippen LogP contribution in [0.4, 0.5) is 5.88 Å². The molecule has 1 aromatic carbocycles. The Bertz CT molecular complexity index is 1610. The van der Waals surface area contributed by atoms with Gasteiger partial charge in [-0.2, -0.15) is 5.10 Å². The number of aromatic amines is 1. The van der Waals surface area contributed by atoms with Crippen LogP contribution in [0.2, 0.25) is 0 Å². The summed E-state index contributed by atoms with van der Waals surface area (Å²) < 4.78 is 7.93. The zero-order valence-corrected chi connectivity index (χ0v) is 20.3. The van der Waals surface area contributed by atoms with Crippen molar-refractivity contribution in [3.05, 3.63) is 90.8 Å². The molecule has 13 nitrogen and oxygen atoms in total. The molecule has 2 N–H and O–H groups in total. The number of hydrogen-bond donors (Lipinski definition) is 2. The maximum Gasteiger partial charge on any atom is 0.433 e. The van der Waals surface area contributed by atoms with E-state index in [1.54, 1.807) is 4.57 Å². The Morgan fingerprint density at radius 1 is 1.27 bits per heavy atom. The normalized spacial score (nSPS) is 11.6. The molecule has 37 heavy (non-hydrogen) atoms. The van der Waals surface area contributed by atoms with Gasteiger partial charge in [0.1, 0.15) is 10.7 Å². The van der Waals surface area contributed by atoms with Crippen LogP contribution < -0.4 is 16.7 Å². The van der Waals surface area contributed by atoms with E-state index in [4.69, 9.17) is 4.42 Å². The summed E-state index contributed by atoms with van der Waals surface area (Å²) in [6, 6.07) is 12.4. The van der Waals surface area contributed by atoms with Crippen molar-refractivity contribution in [2.24, 2.45) is 12.1 Å². The van der Waals surface area contributed by atoms with E-state index < -0.39 is 22.1 Å². The maximum atomic E-state index is 12.6. The lowest BCUT2D eigenvalue weighted by Crippen LogP contribution is -2.29. The summed E-state index contributed by atoms with van der Waals surface area (Å²) >= 11 is 1.11. The van der Waals surface area contributed by atoms with E-state index >= 15 is 0 Å². The van der Waals surface area contributed by atoms with E-state index in [1.807, 2.05) is 30.3 Å². The molecule has 0 saturated carbocycles. The molecule has 0 atom stereocenters. The van der Waals surface area contributed by atoms with Gasteiger partial charge in [0.25, 0.3) is 11.5 Å². The number of hydrazone groups is 1. The summed E-state index contributed by atoms with van der Waals surface area (Å²) in [6.45, 7) is 0.416. The van der Waals surface area contributed by atoms with Crippen LogP contribution in [-0.4, -0.2) is 41.9 Å². The number of hydrogen-bond acceptors (Lipinski definition) is 9. The zero-order valence-electron chi connectivity index (χ0n) is 19.5. The Hall–Kier alpha value is -4.72. The zero-order chi connectivity index (χ0) is 26.4. The number of imidazole rings is 1. The quantitative estimate of drug-likeness (QED) is 0.138. The van der Waals surface area contributed by atoms with Crippen LogP contribution in [0.5, 0.6) is 0 Å². The molecule has 0 aliphatic carbocycles. The lowest BCUT2D eigenvalue weighted by molar-refractivity contribution is -0.402. The number of rotatable bonds is 10. The highest BCUT2D eigenvalue weighted by Crippen LogP contribution is 2.22. The van der Waals surface area contributed by atoms with Gasteiger partial charge in [0.05, 0.1) is 11.8 Å². The third-order valence-corrected chi connectivity index (χ3v) is 6.15. The molecule has 0 aliphatic rings. The smallest absolute Gasteiger partial charge is 0.401 e. The molecule has 0 saturated heterocycles. The van der Waals surface area contributed by atoms with E-state index in [2.05, 4.69) is 20.5 Å². The van der Waals surface area contributed by atoms with Gasteiger partial charge >= 0.3 is 11.6 Å². The summed E-state index contributed by atoms with van der Waals surface area (Å²) in [7, 11) is 1.51. The second-order valence-corrected chi connectivity index (χ2v) is 8.61. The molecule has 4 aromatic rings. The molecule has 3 heterocycles. The number of allylic oxidation sites excluding steroid dienone is 1. The number of benzene rings is 1. The molecule has 0 radical (unpaired) electrons. The lowest BCUT2D eigenvalue weighted by atomic mass is 10.1. The molecule has 1 amide bonds. The van der Waals surface area contributed by atoms with Crippen LogP contribution in [0.1, 0.15) is 11.3 Å². The number of nitrogens with zero attached hydrogens (tertiary/aromatic N) is 5. The molecule has 0 unspecified atom stereocenters. The van der Waals surface area contributed by atoms with Crippen molar-refractivity contribution >= 4 is 47.0 Å².